The lowest BCUT2D eigenvalue weighted by Crippen LogP contribution is -2.57. The number of aromatic nitrogens is 2. The standard InChI is InChI=1S/C25H29N5O5S2/c1-4-5-6-10-29-24(34)18(37-25(29)36)12-16-21(27-19-8-7-15(2)14-30(19)23(16)33)28-11-9-26-22(32)17(28)13-20(31)35-3/h7-8,12,14,17H,4-6,9-11,13H2,1-3H3,(H,26,32)/b18-12-/t17-/m0/s1. The van der Waals surface area contributed by atoms with E-state index in [1.165, 1.54) is 17.6 Å². The minimum atomic E-state index is -0.920. The molecule has 10 nitrogen and oxygen atoms in total. The summed E-state index contributed by atoms with van der Waals surface area (Å²) in [6, 6.07) is 2.63. The molecule has 196 valence electrons. The smallest absolute Gasteiger partial charge is 0.308 e. The molecule has 2 saturated heterocycles. The molecule has 4 heterocycles. The number of carbonyl (C=O) groups is 3. The average Bonchev–Trinajstić information content (AvgIpc) is 3.14. The van der Waals surface area contributed by atoms with Gasteiger partial charge in [-0.1, -0.05) is 49.8 Å². The molecule has 2 fully saturated rings. The SMILES string of the molecule is CCCCCN1C(=O)/C(=C/c2c(N3CCNC(=O)[C@@H]3CC(=O)OC)nc3ccc(C)cn3c2=O)SC1=S. The predicted molar refractivity (Wildman–Crippen MR) is 146 cm³/mol. The number of esters is 1. The van der Waals surface area contributed by atoms with Crippen LogP contribution in [0.3, 0.4) is 0 Å². The number of anilines is 1. The number of pyridine rings is 1. The summed E-state index contributed by atoms with van der Waals surface area (Å²) in [5, 5.41) is 2.76. The van der Waals surface area contributed by atoms with Crippen LogP contribution in [0.2, 0.25) is 0 Å². The number of carbonyl (C=O) groups excluding carboxylic acids is 3. The zero-order valence-electron chi connectivity index (χ0n) is 21.0. The molecule has 1 N–H and O–H groups in total. The number of hydrogen-bond donors (Lipinski definition) is 1. The van der Waals surface area contributed by atoms with Crippen LogP contribution >= 0.6 is 24.0 Å². The first-order chi connectivity index (χ1) is 17.7. The highest BCUT2D eigenvalue weighted by Gasteiger charge is 2.36. The quantitative estimate of drug-likeness (QED) is 0.232. The van der Waals surface area contributed by atoms with Gasteiger partial charge in [0.15, 0.2) is 0 Å². The number of thioether (sulfide) groups is 1. The van der Waals surface area contributed by atoms with E-state index in [1.54, 1.807) is 22.1 Å². The zero-order valence-corrected chi connectivity index (χ0v) is 22.6. The summed E-state index contributed by atoms with van der Waals surface area (Å²) in [5.74, 6) is -0.951. The highest BCUT2D eigenvalue weighted by Crippen LogP contribution is 2.34. The normalized spacial score (nSPS) is 19.2. The van der Waals surface area contributed by atoms with Crippen molar-refractivity contribution in [2.45, 2.75) is 45.6 Å². The fourth-order valence-electron chi connectivity index (χ4n) is 4.35. The molecule has 0 unspecified atom stereocenters. The van der Waals surface area contributed by atoms with Gasteiger partial charge < -0.3 is 15.0 Å². The number of thiocarbonyl (C=S) groups is 1. The Hall–Kier alpha value is -3.25. The number of fused-ring (bicyclic) bond motifs is 1. The third-order valence-corrected chi connectivity index (χ3v) is 7.69. The second-order valence-electron chi connectivity index (χ2n) is 8.91. The molecule has 0 aromatic carbocycles. The van der Waals surface area contributed by atoms with E-state index in [9.17, 15) is 19.2 Å². The lowest BCUT2D eigenvalue weighted by molar-refractivity contribution is -0.143. The van der Waals surface area contributed by atoms with E-state index < -0.39 is 12.0 Å². The van der Waals surface area contributed by atoms with Gasteiger partial charge in [-0.25, -0.2) is 4.98 Å². The van der Waals surface area contributed by atoms with E-state index in [1.807, 2.05) is 13.0 Å². The van der Waals surface area contributed by atoms with Crippen molar-refractivity contribution in [3.8, 4) is 0 Å². The number of ether oxygens (including phenoxy) is 1. The van der Waals surface area contributed by atoms with Gasteiger partial charge in [-0.05, 0) is 31.1 Å². The van der Waals surface area contributed by atoms with Crippen molar-refractivity contribution < 1.29 is 19.1 Å². The van der Waals surface area contributed by atoms with Gasteiger partial charge in [-0.15, -0.1) is 0 Å². The minimum absolute atomic E-state index is 0.154. The molecule has 37 heavy (non-hydrogen) atoms. The molecule has 0 spiro atoms. The first kappa shape index (κ1) is 26.8. The van der Waals surface area contributed by atoms with Gasteiger partial charge in [0.1, 0.15) is 21.8 Å². The number of amides is 2. The molecule has 2 amide bonds. The van der Waals surface area contributed by atoms with Gasteiger partial charge in [-0.2, -0.15) is 0 Å². The van der Waals surface area contributed by atoms with E-state index in [4.69, 9.17) is 21.9 Å². The maximum absolute atomic E-state index is 13.8. The van der Waals surface area contributed by atoms with Gasteiger partial charge in [-0.3, -0.25) is 28.5 Å². The van der Waals surface area contributed by atoms with Crippen LogP contribution in [0.4, 0.5) is 5.82 Å². The average molecular weight is 544 g/mol. The predicted octanol–water partition coefficient (Wildman–Crippen LogP) is 2.26. The summed E-state index contributed by atoms with van der Waals surface area (Å²) in [6.07, 6.45) is 5.81. The van der Waals surface area contributed by atoms with Crippen molar-refractivity contribution in [2.24, 2.45) is 0 Å². The lowest BCUT2D eigenvalue weighted by Gasteiger charge is -2.36. The van der Waals surface area contributed by atoms with Crippen LogP contribution in [0.5, 0.6) is 0 Å². The van der Waals surface area contributed by atoms with Crippen LogP contribution < -0.4 is 15.8 Å². The molecule has 0 aliphatic carbocycles. The first-order valence-electron chi connectivity index (χ1n) is 12.1. The molecule has 0 radical (unpaired) electrons. The van der Waals surface area contributed by atoms with Crippen LogP contribution in [0, 0.1) is 6.92 Å². The Morgan fingerprint density at radius 3 is 2.81 bits per heavy atom. The van der Waals surface area contributed by atoms with Crippen molar-refractivity contribution >= 4 is 63.6 Å². The molecule has 2 aliphatic rings. The molecule has 0 saturated carbocycles. The summed E-state index contributed by atoms with van der Waals surface area (Å²) in [6.45, 7) is 5.10. The third kappa shape index (κ3) is 5.54. The molecule has 1 atom stereocenters. The number of piperazine rings is 1. The number of hydrogen-bond acceptors (Lipinski definition) is 9. The molecule has 2 aromatic rings. The summed E-state index contributed by atoms with van der Waals surface area (Å²) >= 11 is 6.60. The molecule has 2 aromatic heterocycles. The van der Waals surface area contributed by atoms with E-state index in [-0.39, 0.29) is 35.2 Å². The fraction of sp³-hybridized carbons (Fsp3) is 0.440. The lowest BCUT2D eigenvalue weighted by atomic mass is 10.1. The van der Waals surface area contributed by atoms with Crippen LogP contribution in [0.25, 0.3) is 11.7 Å². The van der Waals surface area contributed by atoms with Crippen molar-refractivity contribution in [1.29, 1.82) is 0 Å². The van der Waals surface area contributed by atoms with Crippen molar-refractivity contribution in [3.05, 3.63) is 44.7 Å². The van der Waals surface area contributed by atoms with E-state index >= 15 is 0 Å². The number of methoxy groups -OCH3 is 1. The minimum Gasteiger partial charge on any atom is -0.469 e. The summed E-state index contributed by atoms with van der Waals surface area (Å²) < 4.78 is 6.66. The van der Waals surface area contributed by atoms with Gasteiger partial charge >= 0.3 is 5.97 Å². The summed E-state index contributed by atoms with van der Waals surface area (Å²) in [7, 11) is 1.25. The number of aryl methyl sites for hydroxylation is 1. The van der Waals surface area contributed by atoms with Crippen LogP contribution in [-0.4, -0.2) is 69.2 Å². The van der Waals surface area contributed by atoms with Crippen LogP contribution in [-0.2, 0) is 19.1 Å². The third-order valence-electron chi connectivity index (χ3n) is 6.31. The van der Waals surface area contributed by atoms with Crippen molar-refractivity contribution in [3.63, 3.8) is 0 Å². The topological polar surface area (TPSA) is 113 Å². The number of unbranched alkanes of at least 4 members (excludes halogenated alkanes) is 2. The highest BCUT2D eigenvalue weighted by molar-refractivity contribution is 8.26. The highest BCUT2D eigenvalue weighted by atomic mass is 32.2. The molecule has 2 aliphatic heterocycles. The number of nitrogens with zero attached hydrogens (tertiary/aromatic N) is 4. The van der Waals surface area contributed by atoms with Gasteiger partial charge in [0.25, 0.3) is 11.5 Å². The van der Waals surface area contributed by atoms with E-state index in [0.29, 0.717) is 34.5 Å². The van der Waals surface area contributed by atoms with Crippen molar-refractivity contribution in [1.82, 2.24) is 19.6 Å². The second kappa shape index (κ2) is 11.4. The molecular weight excluding hydrogens is 514 g/mol. The van der Waals surface area contributed by atoms with Crippen molar-refractivity contribution in [2.75, 3.05) is 31.6 Å². The molecule has 12 heteroatoms. The van der Waals surface area contributed by atoms with Crippen LogP contribution in [0.1, 0.15) is 43.7 Å². The summed E-state index contributed by atoms with van der Waals surface area (Å²) in [4.78, 5) is 60.1. The van der Waals surface area contributed by atoms with Gasteiger partial charge in [0.05, 0.1) is 24.0 Å². The second-order valence-corrected chi connectivity index (χ2v) is 10.6. The maximum atomic E-state index is 13.8. The Kier molecular flexibility index (Phi) is 8.28. The van der Waals surface area contributed by atoms with Gasteiger partial charge in [0, 0.05) is 25.8 Å². The fourth-order valence-corrected chi connectivity index (χ4v) is 5.64. The largest absolute Gasteiger partial charge is 0.469 e. The zero-order chi connectivity index (χ0) is 26.7. The molecule has 0 bridgehead atoms. The molecular formula is C25H29N5O5S2. The summed E-state index contributed by atoms with van der Waals surface area (Å²) in [5.41, 5.74) is 1.01. The Morgan fingerprint density at radius 1 is 1.30 bits per heavy atom. The Bertz CT molecular complexity index is 1350. The van der Waals surface area contributed by atoms with E-state index in [0.717, 1.165) is 36.6 Å². The first-order valence-corrected chi connectivity index (χ1v) is 13.4. The monoisotopic (exact) mass is 543 g/mol. The van der Waals surface area contributed by atoms with Crippen LogP contribution in [0.15, 0.2) is 28.0 Å². The Morgan fingerprint density at radius 2 is 2.08 bits per heavy atom. The Balaban J connectivity index is 1.84. The molecule has 4 rings (SSSR count). The number of nitrogens with one attached hydrogen (secondary N) is 1. The maximum Gasteiger partial charge on any atom is 0.308 e. The number of rotatable bonds is 8. The Labute approximate surface area is 224 Å². The van der Waals surface area contributed by atoms with Gasteiger partial charge in [0.2, 0.25) is 5.91 Å². The van der Waals surface area contributed by atoms with E-state index in [2.05, 4.69) is 12.2 Å².